The Morgan fingerprint density at radius 1 is 0.548 bits per heavy atom. The number of fused-ring (bicyclic) bond motifs is 1. The highest BCUT2D eigenvalue weighted by Crippen LogP contribution is 2.45. The molecule has 7 aromatic carbocycles. The lowest BCUT2D eigenvalue weighted by molar-refractivity contribution is 0.628. The van der Waals surface area contributed by atoms with Crippen LogP contribution in [0.1, 0.15) is 36.1 Å². The lowest BCUT2D eigenvalue weighted by atomic mass is 9.84. The maximum Gasteiger partial charge on any atom is 0.125 e. The van der Waals surface area contributed by atoms with Crippen molar-refractivity contribution in [3.8, 4) is 22.3 Å². The Hall–Kier alpha value is -4.82. The van der Waals surface area contributed by atoms with Crippen LogP contribution in [-0.4, -0.2) is 5.71 Å². The molecular weight excluding hydrogens is 513 g/mol. The highest BCUT2D eigenvalue weighted by molar-refractivity contribution is 6.31. The maximum absolute atomic E-state index is 14.1. The smallest absolute Gasteiger partial charge is 0.125 e. The van der Waals surface area contributed by atoms with Crippen LogP contribution in [0.25, 0.3) is 54.6 Å². The first kappa shape index (κ1) is 26.1. The lowest BCUT2D eigenvalue weighted by Crippen LogP contribution is -2.03. The van der Waals surface area contributed by atoms with Crippen molar-refractivity contribution in [2.45, 2.75) is 34.1 Å². The monoisotopic (exact) mass is 545 g/mol. The highest BCUT2D eigenvalue weighted by Gasteiger charge is 2.23. The first-order valence-corrected chi connectivity index (χ1v) is 14.8. The molecule has 0 amide bonds. The summed E-state index contributed by atoms with van der Waals surface area (Å²) in [6, 6.07) is 38.4. The second-order valence-corrected chi connectivity index (χ2v) is 11.1. The van der Waals surface area contributed by atoms with Crippen LogP contribution >= 0.6 is 0 Å². The number of rotatable bonds is 3. The Kier molecular flexibility index (Phi) is 6.35. The summed E-state index contributed by atoms with van der Waals surface area (Å²) < 4.78 is 14.1. The normalized spacial score (nSPS) is 12.5. The standard InChI is InChI=1S/C38H26FN.C2H6/c1-22-3-7-24(8-4-22)29-15-12-26-13-16-31-33(25-9-5-23(2)6-10-25)21-34(32-18-17-30(29)37(26)38(31)32)36-19-27-11-14-28(39)20-35(27)40-36;1-2/h3-18,20-21H,19H2,1-2H3;1-2H3. The molecule has 42 heavy (non-hydrogen) atoms. The van der Waals surface area contributed by atoms with Crippen LogP contribution in [0.15, 0.2) is 114 Å². The van der Waals surface area contributed by atoms with Gasteiger partial charge in [-0.2, -0.15) is 0 Å². The van der Waals surface area contributed by atoms with Crippen molar-refractivity contribution in [2.24, 2.45) is 4.99 Å². The van der Waals surface area contributed by atoms with Crippen LogP contribution < -0.4 is 0 Å². The summed E-state index contributed by atoms with van der Waals surface area (Å²) in [5.41, 5.74) is 11.3. The van der Waals surface area contributed by atoms with Crippen LogP contribution in [0.5, 0.6) is 0 Å². The SMILES string of the molecule is CC.Cc1ccc(-c2ccc3ccc4c(-c5ccc(C)cc5)cc(C5=Nc6cc(F)ccc6C5)c5ccc2c3c54)cc1. The predicted molar refractivity (Wildman–Crippen MR) is 178 cm³/mol. The fourth-order valence-electron chi connectivity index (χ4n) is 6.40. The molecule has 1 heterocycles. The average Bonchev–Trinajstić information content (AvgIpc) is 3.44. The molecule has 0 aliphatic carbocycles. The van der Waals surface area contributed by atoms with E-state index in [0.29, 0.717) is 6.42 Å². The summed E-state index contributed by atoms with van der Waals surface area (Å²) in [5, 5.41) is 7.47. The summed E-state index contributed by atoms with van der Waals surface area (Å²) in [5.74, 6) is -0.247. The Bertz CT molecular complexity index is 2130. The van der Waals surface area contributed by atoms with Crippen LogP contribution in [0, 0.1) is 19.7 Å². The minimum Gasteiger partial charge on any atom is -0.252 e. The Morgan fingerprint density at radius 3 is 1.81 bits per heavy atom. The van der Waals surface area contributed by atoms with Gasteiger partial charge in [-0.3, -0.25) is 4.99 Å². The van der Waals surface area contributed by atoms with Crippen molar-refractivity contribution >= 4 is 43.7 Å². The molecule has 0 unspecified atom stereocenters. The van der Waals surface area contributed by atoms with Crippen LogP contribution in [0.3, 0.4) is 0 Å². The van der Waals surface area contributed by atoms with Gasteiger partial charge in [-0.25, -0.2) is 4.39 Å². The molecular formula is C40H32FN. The van der Waals surface area contributed by atoms with Crippen LogP contribution in [0.4, 0.5) is 10.1 Å². The van der Waals surface area contributed by atoms with Gasteiger partial charge in [-0.15, -0.1) is 0 Å². The van der Waals surface area contributed by atoms with Gasteiger partial charge in [-0.05, 0) is 92.2 Å². The molecule has 0 spiro atoms. The van der Waals surface area contributed by atoms with E-state index in [2.05, 4.69) is 105 Å². The molecule has 204 valence electrons. The first-order chi connectivity index (χ1) is 20.5. The summed E-state index contributed by atoms with van der Waals surface area (Å²) in [6.07, 6.45) is 0.696. The molecule has 0 bridgehead atoms. The van der Waals surface area contributed by atoms with Crippen LogP contribution in [0.2, 0.25) is 0 Å². The second kappa shape index (κ2) is 10.2. The van der Waals surface area contributed by atoms with Gasteiger partial charge in [-0.1, -0.05) is 116 Å². The summed E-state index contributed by atoms with van der Waals surface area (Å²) in [4.78, 5) is 4.96. The molecule has 0 radical (unpaired) electrons. The predicted octanol–water partition coefficient (Wildman–Crippen LogP) is 11.4. The fraction of sp³-hybridized carbons (Fsp3) is 0.125. The van der Waals surface area contributed by atoms with E-state index in [0.717, 1.165) is 22.5 Å². The number of halogens is 1. The number of benzene rings is 7. The van der Waals surface area contributed by atoms with Crippen LogP contribution in [-0.2, 0) is 6.42 Å². The van der Waals surface area contributed by atoms with E-state index in [1.54, 1.807) is 6.07 Å². The number of aryl methyl sites for hydroxylation is 2. The molecule has 0 atom stereocenters. The Morgan fingerprint density at radius 2 is 1.12 bits per heavy atom. The molecule has 1 aliphatic heterocycles. The molecule has 0 saturated heterocycles. The Labute approximate surface area is 246 Å². The van der Waals surface area contributed by atoms with Gasteiger partial charge < -0.3 is 0 Å². The zero-order valence-electron chi connectivity index (χ0n) is 24.4. The van der Waals surface area contributed by atoms with Gasteiger partial charge in [0.1, 0.15) is 5.82 Å². The molecule has 0 N–H and O–H groups in total. The summed E-state index contributed by atoms with van der Waals surface area (Å²) in [7, 11) is 0. The largest absolute Gasteiger partial charge is 0.252 e. The third-order valence-corrected chi connectivity index (χ3v) is 8.48. The third-order valence-electron chi connectivity index (χ3n) is 8.48. The maximum atomic E-state index is 14.1. The van der Waals surface area contributed by atoms with Gasteiger partial charge in [0.05, 0.1) is 11.4 Å². The van der Waals surface area contributed by atoms with Crippen molar-refractivity contribution < 1.29 is 4.39 Å². The van der Waals surface area contributed by atoms with E-state index in [1.165, 1.54) is 71.8 Å². The molecule has 0 saturated carbocycles. The highest BCUT2D eigenvalue weighted by atomic mass is 19.1. The third kappa shape index (κ3) is 4.18. The van der Waals surface area contributed by atoms with Gasteiger partial charge in [0, 0.05) is 12.0 Å². The molecule has 7 aromatic rings. The van der Waals surface area contributed by atoms with Crippen molar-refractivity contribution in [3.63, 3.8) is 0 Å². The molecule has 0 fully saturated rings. The molecule has 8 rings (SSSR count). The molecule has 1 aliphatic rings. The molecule has 1 nitrogen and oxygen atoms in total. The topological polar surface area (TPSA) is 12.4 Å². The van der Waals surface area contributed by atoms with Gasteiger partial charge in [0.2, 0.25) is 0 Å². The van der Waals surface area contributed by atoms with E-state index in [4.69, 9.17) is 4.99 Å². The van der Waals surface area contributed by atoms with E-state index in [9.17, 15) is 4.39 Å². The van der Waals surface area contributed by atoms with Crippen molar-refractivity contribution in [1.82, 2.24) is 0 Å². The van der Waals surface area contributed by atoms with E-state index < -0.39 is 0 Å². The minimum absolute atomic E-state index is 0.247. The zero-order chi connectivity index (χ0) is 29.0. The van der Waals surface area contributed by atoms with Crippen molar-refractivity contribution in [3.05, 3.63) is 137 Å². The lowest BCUT2D eigenvalue weighted by Gasteiger charge is -2.19. The summed E-state index contributed by atoms with van der Waals surface area (Å²) >= 11 is 0. The number of hydrogen-bond acceptors (Lipinski definition) is 1. The first-order valence-electron chi connectivity index (χ1n) is 14.8. The number of aliphatic imine (C=N–C) groups is 1. The zero-order valence-corrected chi connectivity index (χ0v) is 24.4. The van der Waals surface area contributed by atoms with E-state index >= 15 is 0 Å². The van der Waals surface area contributed by atoms with Crippen molar-refractivity contribution in [2.75, 3.05) is 0 Å². The molecule has 0 aromatic heterocycles. The van der Waals surface area contributed by atoms with Gasteiger partial charge in [0.25, 0.3) is 0 Å². The Balaban J connectivity index is 0.00000141. The van der Waals surface area contributed by atoms with Gasteiger partial charge >= 0.3 is 0 Å². The second-order valence-electron chi connectivity index (χ2n) is 11.1. The molecule has 2 heteroatoms. The van der Waals surface area contributed by atoms with Gasteiger partial charge in [0.15, 0.2) is 0 Å². The quantitative estimate of drug-likeness (QED) is 0.196. The average molecular weight is 546 g/mol. The number of nitrogens with zero attached hydrogens (tertiary/aromatic N) is 1. The van der Waals surface area contributed by atoms with E-state index in [-0.39, 0.29) is 5.82 Å². The van der Waals surface area contributed by atoms with E-state index in [1.807, 2.05) is 19.9 Å². The fourth-order valence-corrected chi connectivity index (χ4v) is 6.40. The minimum atomic E-state index is -0.247. The van der Waals surface area contributed by atoms with Crippen molar-refractivity contribution in [1.29, 1.82) is 0 Å². The summed E-state index contributed by atoms with van der Waals surface area (Å²) in [6.45, 7) is 8.25. The number of hydrogen-bond donors (Lipinski definition) is 0.